The topological polar surface area (TPSA) is 24.4 Å². The van der Waals surface area contributed by atoms with Gasteiger partial charge in [-0.3, -0.25) is 5.43 Å². The average molecular weight is 217 g/mol. The van der Waals surface area contributed by atoms with Crippen molar-refractivity contribution in [3.63, 3.8) is 0 Å². The fraction of sp³-hybridized carbons (Fsp3) is 0.222. The second-order valence-electron chi connectivity index (χ2n) is 2.54. The van der Waals surface area contributed by atoms with Crippen molar-refractivity contribution < 1.29 is 0 Å². The van der Waals surface area contributed by atoms with E-state index in [-0.39, 0.29) is 0 Å². The van der Waals surface area contributed by atoms with Gasteiger partial charge in [-0.2, -0.15) is 5.10 Å². The Hall–Kier alpha value is -0.730. The van der Waals surface area contributed by atoms with E-state index < -0.39 is 0 Å². The maximum atomic E-state index is 5.91. The summed E-state index contributed by atoms with van der Waals surface area (Å²) in [5.74, 6) is 0.395. The van der Waals surface area contributed by atoms with Gasteiger partial charge in [0.15, 0.2) is 0 Å². The Balaban J connectivity index is 2.68. The molecule has 0 unspecified atom stereocenters. The summed E-state index contributed by atoms with van der Waals surface area (Å²) in [6.07, 6.45) is 1.58. The van der Waals surface area contributed by atoms with E-state index in [0.717, 1.165) is 16.3 Å². The highest BCUT2D eigenvalue weighted by atomic mass is 35.5. The van der Waals surface area contributed by atoms with Crippen LogP contribution in [0.4, 0.5) is 5.69 Å². The number of anilines is 1. The quantitative estimate of drug-likeness (QED) is 0.469. The molecule has 0 aliphatic carbocycles. The molecule has 1 aromatic carbocycles. The maximum Gasteiger partial charge on any atom is 0.0595 e. The summed E-state index contributed by atoms with van der Waals surface area (Å²) in [4.78, 5) is 0. The Kier molecular flexibility index (Phi) is 4.06. The molecule has 0 radical (unpaired) electrons. The third-order valence-corrected chi connectivity index (χ3v) is 2.07. The summed E-state index contributed by atoms with van der Waals surface area (Å²) in [5.41, 5.74) is 4.72. The molecule has 0 bridgehead atoms. The normalized spacial score (nSPS) is 10.7. The molecule has 0 atom stereocenters. The molecule has 1 N–H and O–H groups in total. The number of nitrogens with zero attached hydrogens (tertiary/aromatic N) is 1. The summed E-state index contributed by atoms with van der Waals surface area (Å²) in [5, 5.41) is 4.59. The molecule has 0 aliphatic heterocycles. The zero-order valence-electron chi connectivity index (χ0n) is 7.22. The number of alkyl halides is 1. The molecule has 1 rings (SSSR count). The number of hydrogen-bond donors (Lipinski definition) is 1. The lowest BCUT2D eigenvalue weighted by atomic mass is 10.2. The smallest absolute Gasteiger partial charge is 0.0595 e. The summed E-state index contributed by atoms with van der Waals surface area (Å²) in [7, 11) is 0. The van der Waals surface area contributed by atoms with Gasteiger partial charge in [0, 0.05) is 11.2 Å². The number of benzene rings is 1. The highest BCUT2D eigenvalue weighted by Gasteiger charge is 1.95. The Morgan fingerprint density at radius 3 is 2.92 bits per heavy atom. The van der Waals surface area contributed by atoms with Crippen molar-refractivity contribution in [1.29, 1.82) is 0 Å². The third kappa shape index (κ3) is 3.25. The summed E-state index contributed by atoms with van der Waals surface area (Å²) < 4.78 is 0. The van der Waals surface area contributed by atoms with Crippen molar-refractivity contribution in [2.45, 2.75) is 6.92 Å². The van der Waals surface area contributed by atoms with E-state index in [1.165, 1.54) is 0 Å². The van der Waals surface area contributed by atoms with Crippen LogP contribution in [0.5, 0.6) is 0 Å². The van der Waals surface area contributed by atoms with Gasteiger partial charge in [0.1, 0.15) is 0 Å². The monoisotopic (exact) mass is 216 g/mol. The average Bonchev–Trinajstić information content (AvgIpc) is 2.12. The predicted octanol–water partition coefficient (Wildman–Crippen LogP) is 3.28. The Bertz CT molecular complexity index is 310. The SMILES string of the molecule is Cc1ccc(NN=CCCl)cc1Cl. The van der Waals surface area contributed by atoms with E-state index in [1.54, 1.807) is 6.21 Å². The maximum absolute atomic E-state index is 5.91. The van der Waals surface area contributed by atoms with Crippen LogP contribution in [0.25, 0.3) is 0 Å². The molecule has 2 nitrogen and oxygen atoms in total. The second kappa shape index (κ2) is 5.10. The minimum Gasteiger partial charge on any atom is -0.279 e. The lowest BCUT2D eigenvalue weighted by Crippen LogP contribution is -1.90. The molecular weight excluding hydrogens is 207 g/mol. The minimum atomic E-state index is 0.395. The Labute approximate surface area is 87.5 Å². The molecule has 0 aromatic heterocycles. The predicted molar refractivity (Wildman–Crippen MR) is 59.0 cm³/mol. The van der Waals surface area contributed by atoms with Crippen molar-refractivity contribution in [1.82, 2.24) is 0 Å². The van der Waals surface area contributed by atoms with Gasteiger partial charge in [0.2, 0.25) is 0 Å². The molecular formula is C9H10Cl2N2. The largest absolute Gasteiger partial charge is 0.279 e. The fourth-order valence-corrected chi connectivity index (χ4v) is 1.07. The van der Waals surface area contributed by atoms with Gasteiger partial charge in [-0.25, -0.2) is 0 Å². The molecule has 13 heavy (non-hydrogen) atoms. The van der Waals surface area contributed by atoms with E-state index in [1.807, 2.05) is 25.1 Å². The molecule has 0 aliphatic rings. The van der Waals surface area contributed by atoms with Gasteiger partial charge in [-0.1, -0.05) is 17.7 Å². The number of nitrogens with one attached hydrogen (secondary N) is 1. The highest BCUT2D eigenvalue weighted by molar-refractivity contribution is 6.31. The Morgan fingerprint density at radius 2 is 2.31 bits per heavy atom. The summed E-state index contributed by atoms with van der Waals surface area (Å²) in [6, 6.07) is 5.66. The van der Waals surface area contributed by atoms with E-state index >= 15 is 0 Å². The zero-order valence-corrected chi connectivity index (χ0v) is 8.73. The van der Waals surface area contributed by atoms with Crippen molar-refractivity contribution in [2.75, 3.05) is 11.3 Å². The fourth-order valence-electron chi connectivity index (χ4n) is 0.817. The minimum absolute atomic E-state index is 0.395. The zero-order chi connectivity index (χ0) is 9.68. The molecule has 0 fully saturated rings. The number of hydrazone groups is 1. The lowest BCUT2D eigenvalue weighted by molar-refractivity contribution is 1.33. The molecule has 0 saturated heterocycles. The third-order valence-electron chi connectivity index (χ3n) is 1.53. The first-order valence-corrected chi connectivity index (χ1v) is 4.75. The first-order valence-electron chi connectivity index (χ1n) is 3.83. The van der Waals surface area contributed by atoms with Gasteiger partial charge in [0.25, 0.3) is 0 Å². The molecule has 70 valence electrons. The molecule has 0 heterocycles. The molecule has 0 amide bonds. The second-order valence-corrected chi connectivity index (χ2v) is 3.26. The van der Waals surface area contributed by atoms with Gasteiger partial charge in [-0.15, -0.1) is 11.6 Å². The molecule has 0 spiro atoms. The standard InChI is InChI=1S/C9H10Cl2N2/c1-7-2-3-8(6-9(7)11)13-12-5-4-10/h2-3,5-6,13H,4H2,1H3. The molecule has 1 aromatic rings. The van der Waals surface area contributed by atoms with Crippen LogP contribution in [0.3, 0.4) is 0 Å². The van der Waals surface area contributed by atoms with Crippen LogP contribution in [0, 0.1) is 6.92 Å². The number of hydrogen-bond acceptors (Lipinski definition) is 2. The van der Waals surface area contributed by atoms with Crippen LogP contribution in [0.15, 0.2) is 23.3 Å². The summed E-state index contributed by atoms with van der Waals surface area (Å²) >= 11 is 11.3. The van der Waals surface area contributed by atoms with Gasteiger partial charge in [-0.05, 0) is 24.6 Å². The van der Waals surface area contributed by atoms with Crippen LogP contribution in [-0.2, 0) is 0 Å². The van der Waals surface area contributed by atoms with Gasteiger partial charge in [0.05, 0.1) is 11.6 Å². The van der Waals surface area contributed by atoms with Crippen LogP contribution in [0.1, 0.15) is 5.56 Å². The van der Waals surface area contributed by atoms with Gasteiger partial charge >= 0.3 is 0 Å². The highest BCUT2D eigenvalue weighted by Crippen LogP contribution is 2.19. The van der Waals surface area contributed by atoms with Crippen LogP contribution in [-0.4, -0.2) is 12.1 Å². The first kappa shape index (κ1) is 10.4. The van der Waals surface area contributed by atoms with Crippen molar-refractivity contribution in [3.8, 4) is 0 Å². The van der Waals surface area contributed by atoms with E-state index in [9.17, 15) is 0 Å². The summed E-state index contributed by atoms with van der Waals surface area (Å²) in [6.45, 7) is 1.95. The van der Waals surface area contributed by atoms with E-state index in [2.05, 4.69) is 10.5 Å². The molecule has 0 saturated carbocycles. The van der Waals surface area contributed by atoms with Crippen LogP contribution < -0.4 is 5.43 Å². The number of rotatable bonds is 3. The number of aryl methyl sites for hydroxylation is 1. The van der Waals surface area contributed by atoms with Crippen LogP contribution in [0.2, 0.25) is 5.02 Å². The molecule has 4 heteroatoms. The van der Waals surface area contributed by atoms with E-state index in [4.69, 9.17) is 23.2 Å². The van der Waals surface area contributed by atoms with Gasteiger partial charge < -0.3 is 0 Å². The Morgan fingerprint density at radius 1 is 1.54 bits per heavy atom. The van der Waals surface area contributed by atoms with Crippen molar-refractivity contribution >= 4 is 35.1 Å². The van der Waals surface area contributed by atoms with E-state index in [0.29, 0.717) is 5.88 Å². The van der Waals surface area contributed by atoms with Crippen LogP contribution >= 0.6 is 23.2 Å². The van der Waals surface area contributed by atoms with Crippen molar-refractivity contribution in [2.24, 2.45) is 5.10 Å². The first-order chi connectivity index (χ1) is 6.24. The van der Waals surface area contributed by atoms with Crippen molar-refractivity contribution in [3.05, 3.63) is 28.8 Å². The number of halogens is 2. The lowest BCUT2D eigenvalue weighted by Gasteiger charge is -2.02.